The van der Waals surface area contributed by atoms with Crippen molar-refractivity contribution in [2.45, 2.75) is 19.9 Å². The third-order valence-corrected chi connectivity index (χ3v) is 3.76. The molecule has 1 aromatic heterocycles. The lowest BCUT2D eigenvalue weighted by atomic mass is 10.2. The van der Waals surface area contributed by atoms with E-state index in [0.29, 0.717) is 6.61 Å². The number of hydrogen-bond donors (Lipinski definition) is 0. The molecule has 0 aliphatic heterocycles. The van der Waals surface area contributed by atoms with Crippen molar-refractivity contribution in [3.8, 4) is 5.75 Å². The molecule has 0 atom stereocenters. The van der Waals surface area contributed by atoms with E-state index in [0.717, 1.165) is 40.3 Å². The van der Waals surface area contributed by atoms with E-state index < -0.39 is 0 Å². The second kappa shape index (κ2) is 6.14. The molecule has 3 aromatic rings. The van der Waals surface area contributed by atoms with Gasteiger partial charge >= 0.3 is 0 Å². The Morgan fingerprint density at radius 2 is 2.05 bits per heavy atom. The van der Waals surface area contributed by atoms with Crippen LogP contribution in [0.3, 0.4) is 0 Å². The molecule has 0 aliphatic rings. The molecule has 0 saturated carbocycles. The molecule has 2 aromatic carbocycles. The predicted molar refractivity (Wildman–Crippen MR) is 83.8 cm³/mol. The van der Waals surface area contributed by atoms with Crippen molar-refractivity contribution >= 4 is 22.6 Å². The van der Waals surface area contributed by atoms with Crippen molar-refractivity contribution in [2.75, 3.05) is 6.61 Å². The standard InChI is InChI=1S/C16H16ClN3O/c1-12-11-13(7-8-14(12)17)21-10-4-9-20-16-6-3-2-5-15(16)18-19-20/h2-3,5-8,11H,4,9-10H2,1H3. The fraction of sp³-hybridized carbons (Fsp3) is 0.250. The highest BCUT2D eigenvalue weighted by Gasteiger charge is 2.03. The minimum atomic E-state index is 0.634. The molecule has 0 spiro atoms. The molecule has 1 heterocycles. The Hall–Kier alpha value is -2.07. The van der Waals surface area contributed by atoms with Crippen molar-refractivity contribution in [3.05, 3.63) is 53.1 Å². The highest BCUT2D eigenvalue weighted by atomic mass is 35.5. The van der Waals surface area contributed by atoms with E-state index in [1.54, 1.807) is 0 Å². The smallest absolute Gasteiger partial charge is 0.119 e. The van der Waals surface area contributed by atoms with Crippen LogP contribution in [0.2, 0.25) is 5.02 Å². The Kier molecular flexibility index (Phi) is 4.06. The molecule has 0 unspecified atom stereocenters. The van der Waals surface area contributed by atoms with E-state index in [-0.39, 0.29) is 0 Å². The van der Waals surface area contributed by atoms with Gasteiger partial charge in [-0.3, -0.25) is 0 Å². The monoisotopic (exact) mass is 301 g/mol. The zero-order valence-electron chi connectivity index (χ0n) is 11.8. The Morgan fingerprint density at radius 3 is 2.90 bits per heavy atom. The van der Waals surface area contributed by atoms with Crippen LogP contribution in [-0.2, 0) is 6.54 Å². The third-order valence-electron chi connectivity index (χ3n) is 3.33. The number of nitrogens with zero attached hydrogens (tertiary/aromatic N) is 3. The molecule has 5 heteroatoms. The molecule has 0 aliphatic carbocycles. The molecule has 0 bridgehead atoms. The minimum absolute atomic E-state index is 0.634. The predicted octanol–water partition coefficient (Wildman–Crippen LogP) is 3.86. The summed E-state index contributed by atoms with van der Waals surface area (Å²) in [6.07, 6.45) is 0.870. The summed E-state index contributed by atoms with van der Waals surface area (Å²) in [5, 5.41) is 9.05. The number of fused-ring (bicyclic) bond motifs is 1. The molecular weight excluding hydrogens is 286 g/mol. The second-order valence-corrected chi connectivity index (χ2v) is 5.32. The van der Waals surface area contributed by atoms with Gasteiger partial charge in [0.15, 0.2) is 0 Å². The average Bonchev–Trinajstić information content (AvgIpc) is 2.91. The first-order valence-electron chi connectivity index (χ1n) is 6.91. The molecule has 0 fully saturated rings. The first kappa shape index (κ1) is 13.9. The quantitative estimate of drug-likeness (QED) is 0.672. The van der Waals surface area contributed by atoms with Gasteiger partial charge < -0.3 is 4.74 Å². The van der Waals surface area contributed by atoms with Crippen LogP contribution in [0, 0.1) is 6.92 Å². The molecule has 0 amide bonds. The van der Waals surface area contributed by atoms with Crippen LogP contribution in [0.4, 0.5) is 0 Å². The van der Waals surface area contributed by atoms with Crippen LogP contribution in [-0.4, -0.2) is 21.6 Å². The summed E-state index contributed by atoms with van der Waals surface area (Å²) in [5.74, 6) is 0.848. The lowest BCUT2D eigenvalue weighted by molar-refractivity contribution is 0.299. The van der Waals surface area contributed by atoms with Crippen molar-refractivity contribution < 1.29 is 4.74 Å². The Bertz CT molecular complexity index is 754. The van der Waals surface area contributed by atoms with Crippen molar-refractivity contribution in [3.63, 3.8) is 0 Å². The summed E-state index contributed by atoms with van der Waals surface area (Å²) in [5.41, 5.74) is 3.00. The van der Waals surface area contributed by atoms with Gasteiger partial charge in [-0.1, -0.05) is 28.9 Å². The number of rotatable bonds is 5. The fourth-order valence-electron chi connectivity index (χ4n) is 2.19. The molecule has 0 N–H and O–H groups in total. The van der Waals surface area contributed by atoms with E-state index in [1.165, 1.54) is 0 Å². The average molecular weight is 302 g/mol. The first-order chi connectivity index (χ1) is 10.2. The number of para-hydroxylation sites is 1. The Morgan fingerprint density at radius 1 is 1.19 bits per heavy atom. The zero-order chi connectivity index (χ0) is 14.7. The fourth-order valence-corrected chi connectivity index (χ4v) is 2.31. The summed E-state index contributed by atoms with van der Waals surface area (Å²) < 4.78 is 7.64. The van der Waals surface area contributed by atoms with E-state index in [1.807, 2.05) is 54.1 Å². The molecule has 21 heavy (non-hydrogen) atoms. The summed E-state index contributed by atoms with van der Waals surface area (Å²) in [7, 11) is 0. The van der Waals surface area contributed by atoms with Gasteiger partial charge in [-0.2, -0.15) is 0 Å². The first-order valence-corrected chi connectivity index (χ1v) is 7.29. The minimum Gasteiger partial charge on any atom is -0.494 e. The van der Waals surface area contributed by atoms with Crippen LogP contribution in [0.1, 0.15) is 12.0 Å². The van der Waals surface area contributed by atoms with Crippen LogP contribution < -0.4 is 4.74 Å². The molecule has 108 valence electrons. The lowest BCUT2D eigenvalue weighted by Gasteiger charge is -2.08. The maximum absolute atomic E-state index is 5.99. The van der Waals surface area contributed by atoms with E-state index in [2.05, 4.69) is 10.3 Å². The van der Waals surface area contributed by atoms with Crippen molar-refractivity contribution in [1.29, 1.82) is 0 Å². The highest BCUT2D eigenvalue weighted by molar-refractivity contribution is 6.31. The molecule has 0 saturated heterocycles. The van der Waals surface area contributed by atoms with Gasteiger partial charge in [0, 0.05) is 18.0 Å². The van der Waals surface area contributed by atoms with Crippen LogP contribution >= 0.6 is 11.6 Å². The number of benzene rings is 2. The van der Waals surface area contributed by atoms with Crippen LogP contribution in [0.15, 0.2) is 42.5 Å². The van der Waals surface area contributed by atoms with E-state index >= 15 is 0 Å². The van der Waals surface area contributed by atoms with E-state index in [4.69, 9.17) is 16.3 Å². The van der Waals surface area contributed by atoms with Gasteiger partial charge in [-0.05, 0) is 42.8 Å². The number of aryl methyl sites for hydroxylation is 2. The van der Waals surface area contributed by atoms with Gasteiger partial charge in [0.05, 0.1) is 12.1 Å². The van der Waals surface area contributed by atoms with Gasteiger partial charge in [0.25, 0.3) is 0 Å². The SMILES string of the molecule is Cc1cc(OCCCn2nnc3ccccc32)ccc1Cl. The highest BCUT2D eigenvalue weighted by Crippen LogP contribution is 2.21. The third kappa shape index (κ3) is 3.16. The largest absolute Gasteiger partial charge is 0.494 e. The Balaban J connectivity index is 1.55. The van der Waals surface area contributed by atoms with Crippen molar-refractivity contribution in [1.82, 2.24) is 15.0 Å². The normalized spacial score (nSPS) is 11.0. The summed E-state index contributed by atoms with van der Waals surface area (Å²) >= 11 is 5.99. The summed E-state index contributed by atoms with van der Waals surface area (Å²) in [6.45, 7) is 3.39. The molecule has 0 radical (unpaired) electrons. The molecule has 4 nitrogen and oxygen atoms in total. The zero-order valence-corrected chi connectivity index (χ0v) is 12.5. The topological polar surface area (TPSA) is 39.9 Å². The maximum atomic E-state index is 5.99. The van der Waals surface area contributed by atoms with E-state index in [9.17, 15) is 0 Å². The summed E-state index contributed by atoms with van der Waals surface area (Å²) in [4.78, 5) is 0. The number of aromatic nitrogens is 3. The van der Waals surface area contributed by atoms with Crippen LogP contribution in [0.25, 0.3) is 11.0 Å². The lowest BCUT2D eigenvalue weighted by Crippen LogP contribution is -2.06. The van der Waals surface area contributed by atoms with Crippen molar-refractivity contribution in [2.24, 2.45) is 0 Å². The van der Waals surface area contributed by atoms with Gasteiger partial charge in [0.2, 0.25) is 0 Å². The number of hydrogen-bond acceptors (Lipinski definition) is 3. The van der Waals surface area contributed by atoms with Gasteiger partial charge in [-0.15, -0.1) is 5.10 Å². The Labute approximate surface area is 128 Å². The summed E-state index contributed by atoms with van der Waals surface area (Å²) in [6, 6.07) is 13.7. The number of halogens is 1. The molecular formula is C16H16ClN3O. The molecule has 3 rings (SSSR count). The maximum Gasteiger partial charge on any atom is 0.119 e. The number of ether oxygens (including phenoxy) is 1. The second-order valence-electron chi connectivity index (χ2n) is 4.91. The van der Waals surface area contributed by atoms with Gasteiger partial charge in [0.1, 0.15) is 11.3 Å². The van der Waals surface area contributed by atoms with Gasteiger partial charge in [-0.25, -0.2) is 4.68 Å². The van der Waals surface area contributed by atoms with Crippen LogP contribution in [0.5, 0.6) is 5.75 Å².